The molecule has 0 saturated carbocycles. The van der Waals surface area contributed by atoms with Gasteiger partial charge in [0, 0.05) is 49.2 Å². The van der Waals surface area contributed by atoms with Gasteiger partial charge in [0.25, 0.3) is 0 Å². The molecule has 1 atom stereocenters. The van der Waals surface area contributed by atoms with Crippen molar-refractivity contribution in [2.45, 2.75) is 38.6 Å². The first-order chi connectivity index (χ1) is 16.3. The van der Waals surface area contributed by atoms with Crippen LogP contribution in [0.4, 0.5) is 0 Å². The third-order valence-electron chi connectivity index (χ3n) is 7.18. The van der Waals surface area contributed by atoms with Gasteiger partial charge < -0.3 is 4.57 Å². The lowest BCUT2D eigenvalue weighted by atomic mass is 9.76. The number of rotatable bonds is 5. The summed E-state index contributed by atoms with van der Waals surface area (Å²) in [5, 5.41) is 0.712. The summed E-state index contributed by atoms with van der Waals surface area (Å²) in [5.41, 5.74) is 5.82. The molecule has 6 nitrogen and oxygen atoms in total. The van der Waals surface area contributed by atoms with Crippen LogP contribution in [0.2, 0.25) is 5.02 Å². The van der Waals surface area contributed by atoms with Gasteiger partial charge in [-0.25, -0.2) is 17.7 Å². The fraction of sp³-hybridized carbons (Fsp3) is 0.385. The fourth-order valence-corrected chi connectivity index (χ4v) is 6.46. The molecule has 2 aliphatic rings. The number of hydrogen-bond acceptors (Lipinski definition) is 4. The Morgan fingerprint density at radius 2 is 1.91 bits per heavy atom. The lowest BCUT2D eigenvalue weighted by Gasteiger charge is -2.35. The van der Waals surface area contributed by atoms with Crippen LogP contribution in [0.3, 0.4) is 0 Å². The zero-order valence-corrected chi connectivity index (χ0v) is 21.1. The molecule has 0 amide bonds. The molecule has 34 heavy (non-hydrogen) atoms. The molecule has 1 unspecified atom stereocenters. The van der Waals surface area contributed by atoms with Gasteiger partial charge in [0.05, 0.1) is 11.9 Å². The first-order valence-electron chi connectivity index (χ1n) is 11.7. The Hall–Kier alpha value is -2.48. The van der Waals surface area contributed by atoms with E-state index in [9.17, 15) is 8.42 Å². The van der Waals surface area contributed by atoms with Crippen molar-refractivity contribution in [3.05, 3.63) is 82.2 Å². The van der Waals surface area contributed by atoms with Gasteiger partial charge in [0.15, 0.2) is 0 Å². The molecule has 1 aliphatic heterocycles. The van der Waals surface area contributed by atoms with Crippen LogP contribution in [0.15, 0.2) is 48.9 Å². The van der Waals surface area contributed by atoms with Crippen molar-refractivity contribution in [3.63, 3.8) is 0 Å². The van der Waals surface area contributed by atoms with Gasteiger partial charge in [-0.05, 0) is 72.6 Å². The minimum Gasteiger partial charge on any atom is -0.335 e. The maximum Gasteiger partial charge on any atom is 0.211 e. The van der Waals surface area contributed by atoms with E-state index in [-0.39, 0.29) is 5.92 Å². The number of aryl methyl sites for hydroxylation is 2. The molecule has 0 N–H and O–H groups in total. The lowest BCUT2D eigenvalue weighted by Crippen LogP contribution is -2.39. The Morgan fingerprint density at radius 3 is 2.62 bits per heavy atom. The molecular formula is C26H29ClN4O2S. The van der Waals surface area contributed by atoms with Crippen molar-refractivity contribution in [2.24, 2.45) is 5.92 Å². The molecule has 0 radical (unpaired) electrons. The Kier molecular flexibility index (Phi) is 6.35. The summed E-state index contributed by atoms with van der Waals surface area (Å²) in [6.07, 6.45) is 11.7. The number of fused-ring (bicyclic) bond motifs is 2. The largest absolute Gasteiger partial charge is 0.335 e. The first kappa shape index (κ1) is 23.3. The van der Waals surface area contributed by atoms with E-state index in [1.165, 1.54) is 23.0 Å². The summed E-state index contributed by atoms with van der Waals surface area (Å²) < 4.78 is 27.9. The van der Waals surface area contributed by atoms with Crippen LogP contribution < -0.4 is 0 Å². The second-order valence-electron chi connectivity index (χ2n) is 9.27. The van der Waals surface area contributed by atoms with Gasteiger partial charge >= 0.3 is 0 Å². The maximum absolute atomic E-state index is 12.1. The molecule has 1 fully saturated rings. The monoisotopic (exact) mass is 496 g/mol. The van der Waals surface area contributed by atoms with Crippen molar-refractivity contribution in [1.82, 2.24) is 18.8 Å². The Morgan fingerprint density at radius 1 is 1.12 bits per heavy atom. The van der Waals surface area contributed by atoms with Gasteiger partial charge in [-0.1, -0.05) is 29.8 Å². The SMILES string of the molecule is Cc1nccn1CCC1=Cc2cc(Cl)ccc2C(C2CCN(S(C)(=O)=O)CC2)c2ncccc21. The molecule has 1 aromatic carbocycles. The number of imidazole rings is 1. The van der Waals surface area contributed by atoms with Crippen molar-refractivity contribution in [2.75, 3.05) is 19.3 Å². The van der Waals surface area contributed by atoms with Crippen LogP contribution in [0.5, 0.6) is 0 Å². The fourth-order valence-electron chi connectivity index (χ4n) is 5.41. The van der Waals surface area contributed by atoms with E-state index in [4.69, 9.17) is 16.6 Å². The molecule has 0 spiro atoms. The molecule has 3 aromatic rings. The lowest BCUT2D eigenvalue weighted by molar-refractivity contribution is 0.256. The summed E-state index contributed by atoms with van der Waals surface area (Å²) in [4.78, 5) is 9.27. The van der Waals surface area contributed by atoms with Crippen molar-refractivity contribution >= 4 is 33.3 Å². The highest BCUT2D eigenvalue weighted by Gasteiger charge is 2.35. The molecule has 5 rings (SSSR count). The number of nitrogens with zero attached hydrogens (tertiary/aromatic N) is 4. The van der Waals surface area contributed by atoms with E-state index in [0.29, 0.717) is 24.0 Å². The highest BCUT2D eigenvalue weighted by molar-refractivity contribution is 7.88. The van der Waals surface area contributed by atoms with Crippen LogP contribution >= 0.6 is 11.6 Å². The van der Waals surface area contributed by atoms with Crippen LogP contribution in [0, 0.1) is 12.8 Å². The number of halogens is 1. The van der Waals surface area contributed by atoms with Gasteiger partial charge in [-0.2, -0.15) is 0 Å². The molecule has 1 saturated heterocycles. The summed E-state index contributed by atoms with van der Waals surface area (Å²) >= 11 is 6.44. The average molecular weight is 497 g/mol. The highest BCUT2D eigenvalue weighted by atomic mass is 35.5. The van der Waals surface area contributed by atoms with Gasteiger partial charge in [-0.15, -0.1) is 0 Å². The van der Waals surface area contributed by atoms with Crippen LogP contribution in [0.25, 0.3) is 11.6 Å². The van der Waals surface area contributed by atoms with E-state index in [1.807, 2.05) is 43.7 Å². The van der Waals surface area contributed by atoms with E-state index >= 15 is 0 Å². The zero-order chi connectivity index (χ0) is 23.9. The van der Waals surface area contributed by atoms with Crippen LogP contribution in [-0.2, 0) is 16.6 Å². The van der Waals surface area contributed by atoms with Crippen molar-refractivity contribution in [1.29, 1.82) is 0 Å². The minimum absolute atomic E-state index is 0.0916. The highest BCUT2D eigenvalue weighted by Crippen LogP contribution is 2.45. The van der Waals surface area contributed by atoms with E-state index in [1.54, 1.807) is 4.31 Å². The first-order valence-corrected chi connectivity index (χ1v) is 13.9. The Balaban J connectivity index is 1.55. The summed E-state index contributed by atoms with van der Waals surface area (Å²) in [7, 11) is -3.17. The molecule has 1 aliphatic carbocycles. The third-order valence-corrected chi connectivity index (χ3v) is 8.72. The standard InChI is InChI=1S/C26H29ClN4O2S/c1-18-28-11-15-30(18)12-7-20-16-21-17-22(27)5-6-23(21)25(26-24(20)4-3-10-29-26)19-8-13-31(14-9-19)34(2,32)33/h3-6,10-11,15-17,19,25H,7-9,12-14H2,1-2H3. The molecule has 0 bridgehead atoms. The predicted octanol–water partition coefficient (Wildman–Crippen LogP) is 4.99. The molecule has 3 heterocycles. The Labute approximate surface area is 206 Å². The van der Waals surface area contributed by atoms with Crippen molar-refractivity contribution in [3.8, 4) is 0 Å². The smallest absolute Gasteiger partial charge is 0.211 e. The normalized spacial score (nSPS) is 19.3. The maximum atomic E-state index is 12.1. The molecular weight excluding hydrogens is 468 g/mol. The topological polar surface area (TPSA) is 68.1 Å². The van der Waals surface area contributed by atoms with Gasteiger partial charge in [0.2, 0.25) is 10.0 Å². The second kappa shape index (κ2) is 9.29. The summed E-state index contributed by atoms with van der Waals surface area (Å²) in [5.74, 6) is 1.39. The summed E-state index contributed by atoms with van der Waals surface area (Å²) in [6.45, 7) is 3.95. The number of hydrogen-bond donors (Lipinski definition) is 0. The van der Waals surface area contributed by atoms with Gasteiger partial charge in [-0.3, -0.25) is 4.98 Å². The Bertz CT molecular complexity index is 1340. The zero-order valence-electron chi connectivity index (χ0n) is 19.5. The van der Waals surface area contributed by atoms with Crippen LogP contribution in [-0.4, -0.2) is 46.6 Å². The number of aromatic nitrogens is 3. The number of benzene rings is 1. The molecule has 2 aromatic heterocycles. The second-order valence-corrected chi connectivity index (χ2v) is 11.7. The van der Waals surface area contributed by atoms with Gasteiger partial charge in [0.1, 0.15) is 5.82 Å². The van der Waals surface area contributed by atoms with E-state index in [0.717, 1.165) is 42.9 Å². The summed E-state index contributed by atoms with van der Waals surface area (Å²) in [6, 6.07) is 10.3. The van der Waals surface area contributed by atoms with Crippen LogP contribution in [0.1, 0.15) is 53.4 Å². The average Bonchev–Trinajstić information content (AvgIpc) is 3.16. The number of allylic oxidation sites excluding steroid dienone is 1. The predicted molar refractivity (Wildman–Crippen MR) is 136 cm³/mol. The quantitative estimate of drug-likeness (QED) is 0.499. The molecule has 178 valence electrons. The molecule has 8 heteroatoms. The number of pyridine rings is 1. The van der Waals surface area contributed by atoms with E-state index < -0.39 is 10.0 Å². The van der Waals surface area contributed by atoms with Crippen molar-refractivity contribution < 1.29 is 8.42 Å². The number of piperidine rings is 1. The third kappa shape index (κ3) is 4.57. The number of sulfonamides is 1. The minimum atomic E-state index is -3.17. The van der Waals surface area contributed by atoms with E-state index in [2.05, 4.69) is 27.8 Å².